The molecule has 10 heteroatoms. The van der Waals surface area contributed by atoms with Crippen molar-refractivity contribution >= 4 is 38.8 Å². The fourth-order valence-electron chi connectivity index (χ4n) is 4.05. The molecule has 0 unspecified atom stereocenters. The van der Waals surface area contributed by atoms with Crippen molar-refractivity contribution in [3.63, 3.8) is 0 Å². The minimum Gasteiger partial charge on any atom is -0.326 e. The number of nitrogens with zero attached hydrogens (tertiary/aromatic N) is 3. The van der Waals surface area contributed by atoms with E-state index in [4.69, 9.17) is 0 Å². The van der Waals surface area contributed by atoms with Crippen LogP contribution in [0.15, 0.2) is 99.9 Å². The molecule has 5 rings (SSSR count). The Morgan fingerprint density at radius 3 is 2.24 bits per heavy atom. The zero-order valence-corrected chi connectivity index (χ0v) is 20.2. The maximum Gasteiger partial charge on any atom is 0.336 e. The largest absolute Gasteiger partial charge is 0.336 e. The summed E-state index contributed by atoms with van der Waals surface area (Å²) in [6.45, 7) is 0.141. The highest BCUT2D eigenvalue weighted by Gasteiger charge is 2.17. The van der Waals surface area contributed by atoms with Gasteiger partial charge in [0, 0.05) is 17.8 Å². The third kappa shape index (κ3) is 4.95. The number of para-hydroxylation sites is 1. The highest BCUT2D eigenvalue weighted by Crippen LogP contribution is 2.19. The van der Waals surface area contributed by atoms with Crippen LogP contribution < -0.4 is 16.6 Å². The number of carbonyl (C=O) groups is 1. The maximum absolute atomic E-state index is 13.5. The lowest BCUT2D eigenvalue weighted by Crippen LogP contribution is -2.38. The molecule has 2 aromatic heterocycles. The van der Waals surface area contributed by atoms with Crippen LogP contribution in [-0.4, -0.2) is 20.0 Å². The van der Waals surface area contributed by atoms with Gasteiger partial charge in [0.2, 0.25) is 5.91 Å². The summed E-state index contributed by atoms with van der Waals surface area (Å²) in [5, 5.41) is 15.5. The van der Waals surface area contributed by atoms with Crippen molar-refractivity contribution in [2.24, 2.45) is 0 Å². The number of aromatic nitrogens is 2. The van der Waals surface area contributed by atoms with Crippen molar-refractivity contribution in [3.05, 3.63) is 132 Å². The Labute approximate surface area is 214 Å². The number of thiophene rings is 1. The summed E-state index contributed by atoms with van der Waals surface area (Å²) < 4.78 is 3.01. The number of nitrogens with one attached hydrogen (secondary N) is 1. The second kappa shape index (κ2) is 10.0. The molecule has 5 aromatic rings. The standard InChI is InChI=1S/C27H20N4O5S/c32-24(28-20-4-2-1-3-5-20)16-18-6-10-21(11-7-18)30-26(33)25-23(14-15-37-25)29(27(30)34)17-19-8-12-22(13-9-19)31(35)36/h1-15H,16-17H2,(H,28,32). The maximum atomic E-state index is 13.5. The number of anilines is 1. The number of non-ortho nitro benzene ring substituents is 1. The van der Waals surface area contributed by atoms with Crippen LogP contribution in [0.25, 0.3) is 15.9 Å². The smallest absolute Gasteiger partial charge is 0.326 e. The van der Waals surface area contributed by atoms with Crippen LogP contribution in [0.3, 0.4) is 0 Å². The van der Waals surface area contributed by atoms with Crippen molar-refractivity contribution in [2.75, 3.05) is 5.32 Å². The first-order valence-electron chi connectivity index (χ1n) is 11.3. The number of hydrogen-bond donors (Lipinski definition) is 1. The molecular weight excluding hydrogens is 492 g/mol. The molecule has 2 heterocycles. The van der Waals surface area contributed by atoms with Crippen LogP contribution in [0, 0.1) is 10.1 Å². The highest BCUT2D eigenvalue weighted by atomic mass is 32.1. The lowest BCUT2D eigenvalue weighted by atomic mass is 10.1. The summed E-state index contributed by atoms with van der Waals surface area (Å²) in [6.07, 6.45) is 0.137. The summed E-state index contributed by atoms with van der Waals surface area (Å²) in [7, 11) is 0. The Kier molecular flexibility index (Phi) is 6.48. The summed E-state index contributed by atoms with van der Waals surface area (Å²) in [5.74, 6) is -0.179. The monoisotopic (exact) mass is 512 g/mol. The molecule has 0 saturated carbocycles. The molecule has 0 spiro atoms. The van der Waals surface area contributed by atoms with Gasteiger partial charge in [0.25, 0.3) is 11.2 Å². The Morgan fingerprint density at radius 1 is 0.892 bits per heavy atom. The molecule has 37 heavy (non-hydrogen) atoms. The average Bonchev–Trinajstić information content (AvgIpc) is 3.39. The van der Waals surface area contributed by atoms with Crippen molar-refractivity contribution in [3.8, 4) is 5.69 Å². The van der Waals surface area contributed by atoms with E-state index in [1.54, 1.807) is 60.0 Å². The summed E-state index contributed by atoms with van der Waals surface area (Å²) in [4.78, 5) is 49.6. The van der Waals surface area contributed by atoms with Crippen molar-refractivity contribution in [1.82, 2.24) is 9.13 Å². The van der Waals surface area contributed by atoms with Crippen LogP contribution in [0.5, 0.6) is 0 Å². The lowest BCUT2D eigenvalue weighted by Gasteiger charge is -2.13. The average molecular weight is 513 g/mol. The number of hydrogen-bond acceptors (Lipinski definition) is 6. The third-order valence-corrected chi connectivity index (χ3v) is 6.75. The molecule has 3 aromatic carbocycles. The number of amides is 1. The molecule has 0 atom stereocenters. The SMILES string of the molecule is O=C(Cc1ccc(-n2c(=O)c3sccc3n(Cc3ccc([N+](=O)[O-])cc3)c2=O)cc1)Nc1ccccc1. The van der Waals surface area contributed by atoms with E-state index >= 15 is 0 Å². The molecule has 0 aliphatic carbocycles. The number of rotatable bonds is 7. The van der Waals surface area contributed by atoms with E-state index in [1.807, 2.05) is 18.2 Å². The van der Waals surface area contributed by atoms with Gasteiger partial charge < -0.3 is 5.32 Å². The zero-order valence-electron chi connectivity index (χ0n) is 19.4. The van der Waals surface area contributed by atoms with E-state index in [0.29, 0.717) is 27.2 Å². The normalized spacial score (nSPS) is 10.9. The predicted octanol–water partition coefficient (Wildman–Crippen LogP) is 4.35. The topological polar surface area (TPSA) is 116 Å². The summed E-state index contributed by atoms with van der Waals surface area (Å²) in [6, 6.07) is 23.5. The Morgan fingerprint density at radius 2 is 1.57 bits per heavy atom. The van der Waals surface area contributed by atoms with E-state index in [0.717, 1.165) is 10.1 Å². The molecule has 0 radical (unpaired) electrons. The molecule has 0 aliphatic heterocycles. The molecule has 1 N–H and O–H groups in total. The molecule has 0 saturated heterocycles. The van der Waals surface area contributed by atoms with Gasteiger partial charge in [-0.2, -0.15) is 0 Å². The minimum atomic E-state index is -0.524. The first kappa shape index (κ1) is 23.9. The second-order valence-electron chi connectivity index (χ2n) is 8.33. The summed E-state index contributed by atoms with van der Waals surface area (Å²) >= 11 is 1.24. The summed E-state index contributed by atoms with van der Waals surface area (Å²) in [5.41, 5.74) is 2.01. The van der Waals surface area contributed by atoms with Gasteiger partial charge in [-0.05, 0) is 46.8 Å². The number of nitro groups is 1. The van der Waals surface area contributed by atoms with Crippen LogP contribution in [0.4, 0.5) is 11.4 Å². The minimum absolute atomic E-state index is 0.0423. The van der Waals surface area contributed by atoms with Gasteiger partial charge in [-0.1, -0.05) is 42.5 Å². The van der Waals surface area contributed by atoms with Crippen molar-refractivity contribution in [2.45, 2.75) is 13.0 Å². The molecule has 184 valence electrons. The van der Waals surface area contributed by atoms with Gasteiger partial charge in [0.1, 0.15) is 4.70 Å². The number of benzene rings is 3. The van der Waals surface area contributed by atoms with E-state index in [1.165, 1.54) is 28.0 Å². The van der Waals surface area contributed by atoms with E-state index in [2.05, 4.69) is 5.32 Å². The molecule has 0 fully saturated rings. The second-order valence-corrected chi connectivity index (χ2v) is 9.24. The molecule has 9 nitrogen and oxygen atoms in total. The van der Waals surface area contributed by atoms with Gasteiger partial charge in [-0.25, -0.2) is 9.36 Å². The van der Waals surface area contributed by atoms with Gasteiger partial charge in [-0.15, -0.1) is 11.3 Å². The first-order valence-corrected chi connectivity index (χ1v) is 12.2. The van der Waals surface area contributed by atoms with Crippen LogP contribution in [0.2, 0.25) is 0 Å². The fourth-order valence-corrected chi connectivity index (χ4v) is 4.87. The predicted molar refractivity (Wildman–Crippen MR) is 143 cm³/mol. The molecule has 1 amide bonds. The van der Waals surface area contributed by atoms with E-state index < -0.39 is 16.2 Å². The zero-order chi connectivity index (χ0) is 25.9. The van der Waals surface area contributed by atoms with Crippen LogP contribution in [0.1, 0.15) is 11.1 Å². The lowest BCUT2D eigenvalue weighted by molar-refractivity contribution is -0.384. The Bertz CT molecular complexity index is 1720. The Balaban J connectivity index is 1.45. The van der Waals surface area contributed by atoms with Crippen LogP contribution in [-0.2, 0) is 17.8 Å². The first-order chi connectivity index (χ1) is 17.9. The molecule has 0 bridgehead atoms. The van der Waals surface area contributed by atoms with E-state index in [-0.39, 0.29) is 24.6 Å². The van der Waals surface area contributed by atoms with E-state index in [9.17, 15) is 24.5 Å². The number of carbonyl (C=O) groups excluding carboxylic acids is 1. The van der Waals surface area contributed by atoms with Crippen molar-refractivity contribution in [1.29, 1.82) is 0 Å². The Hall–Kier alpha value is -4.83. The quantitative estimate of drug-likeness (QED) is 0.257. The fraction of sp³-hybridized carbons (Fsp3) is 0.0741. The van der Waals surface area contributed by atoms with Crippen LogP contribution >= 0.6 is 11.3 Å². The number of fused-ring (bicyclic) bond motifs is 1. The van der Waals surface area contributed by atoms with Gasteiger partial charge in [0.05, 0.1) is 29.1 Å². The molecule has 0 aliphatic rings. The highest BCUT2D eigenvalue weighted by molar-refractivity contribution is 7.17. The van der Waals surface area contributed by atoms with Gasteiger partial charge in [-0.3, -0.25) is 24.3 Å². The number of nitro benzene ring substituents is 1. The van der Waals surface area contributed by atoms with Crippen molar-refractivity contribution < 1.29 is 9.72 Å². The van der Waals surface area contributed by atoms with Gasteiger partial charge in [0.15, 0.2) is 0 Å². The third-order valence-electron chi connectivity index (χ3n) is 5.86. The van der Waals surface area contributed by atoms with Gasteiger partial charge >= 0.3 is 5.69 Å². The molecular formula is C27H20N4O5S.